The lowest BCUT2D eigenvalue weighted by Crippen LogP contribution is -2.47. The molecule has 0 spiro atoms. The number of hydrogen-bond donors (Lipinski definition) is 2. The summed E-state index contributed by atoms with van der Waals surface area (Å²) in [6, 6.07) is 17.3. The van der Waals surface area contributed by atoms with E-state index >= 15 is 0 Å². The first kappa shape index (κ1) is 23.5. The Morgan fingerprint density at radius 3 is 2.31 bits per heavy atom. The topological polar surface area (TPSA) is 84.5 Å². The van der Waals surface area contributed by atoms with Gasteiger partial charge in [0.2, 0.25) is 0 Å². The standard InChI is InChI=1S/C26H32N2O4/c1-18-10-9-15-22(19(18)2)27-24(29)17-32-26(31)23(16-20-11-5-3-6-12-20)28-25(30)21-13-7-4-8-14-21/h3-8,11-14,18-19,22-23H,9-10,15-17H2,1-2H3,(H,27,29)(H,28,30)/t18-,19-,22+,23-/m1/s1. The quantitative estimate of drug-likeness (QED) is 0.620. The molecule has 0 radical (unpaired) electrons. The molecule has 2 amide bonds. The zero-order valence-corrected chi connectivity index (χ0v) is 18.8. The van der Waals surface area contributed by atoms with E-state index in [0.717, 1.165) is 18.4 Å². The molecule has 0 bridgehead atoms. The molecule has 1 fully saturated rings. The van der Waals surface area contributed by atoms with Crippen molar-refractivity contribution >= 4 is 17.8 Å². The van der Waals surface area contributed by atoms with Gasteiger partial charge in [-0.15, -0.1) is 0 Å². The zero-order chi connectivity index (χ0) is 22.9. The Labute approximate surface area is 189 Å². The normalized spacial score (nSPS) is 21.2. The highest BCUT2D eigenvalue weighted by Crippen LogP contribution is 2.29. The van der Waals surface area contributed by atoms with E-state index in [2.05, 4.69) is 24.5 Å². The molecular formula is C26H32N2O4. The van der Waals surface area contributed by atoms with Gasteiger partial charge in [0, 0.05) is 18.0 Å². The van der Waals surface area contributed by atoms with E-state index in [0.29, 0.717) is 17.4 Å². The molecule has 6 heteroatoms. The van der Waals surface area contributed by atoms with Crippen LogP contribution in [0.5, 0.6) is 0 Å². The molecule has 32 heavy (non-hydrogen) atoms. The second kappa shape index (κ2) is 11.5. The van der Waals surface area contributed by atoms with Gasteiger partial charge in [0.1, 0.15) is 6.04 Å². The van der Waals surface area contributed by atoms with Gasteiger partial charge in [-0.3, -0.25) is 9.59 Å². The van der Waals surface area contributed by atoms with Crippen LogP contribution in [0.2, 0.25) is 0 Å². The van der Waals surface area contributed by atoms with Crippen molar-refractivity contribution < 1.29 is 19.1 Å². The lowest BCUT2D eigenvalue weighted by atomic mass is 9.78. The van der Waals surface area contributed by atoms with Gasteiger partial charge in [-0.05, 0) is 36.0 Å². The van der Waals surface area contributed by atoms with Crippen LogP contribution in [-0.4, -0.2) is 36.5 Å². The van der Waals surface area contributed by atoms with Crippen LogP contribution < -0.4 is 10.6 Å². The van der Waals surface area contributed by atoms with Gasteiger partial charge in [-0.2, -0.15) is 0 Å². The molecule has 1 saturated carbocycles. The lowest BCUT2D eigenvalue weighted by molar-refractivity contribution is -0.150. The highest BCUT2D eigenvalue weighted by atomic mass is 16.5. The number of ether oxygens (including phenoxy) is 1. The van der Waals surface area contributed by atoms with Crippen molar-refractivity contribution in [1.82, 2.24) is 10.6 Å². The molecular weight excluding hydrogens is 404 g/mol. The van der Waals surface area contributed by atoms with Crippen LogP contribution in [0.1, 0.15) is 49.0 Å². The first-order chi connectivity index (χ1) is 15.4. The van der Waals surface area contributed by atoms with E-state index < -0.39 is 12.0 Å². The van der Waals surface area contributed by atoms with Gasteiger partial charge in [-0.1, -0.05) is 75.2 Å². The summed E-state index contributed by atoms with van der Waals surface area (Å²) in [4.78, 5) is 37.8. The summed E-state index contributed by atoms with van der Waals surface area (Å²) in [6.45, 7) is 3.99. The van der Waals surface area contributed by atoms with E-state index in [1.54, 1.807) is 24.3 Å². The van der Waals surface area contributed by atoms with Gasteiger partial charge < -0.3 is 15.4 Å². The first-order valence-electron chi connectivity index (χ1n) is 11.3. The van der Waals surface area contributed by atoms with Crippen molar-refractivity contribution in [3.8, 4) is 0 Å². The number of carbonyl (C=O) groups excluding carboxylic acids is 3. The molecule has 0 unspecified atom stereocenters. The van der Waals surface area contributed by atoms with Crippen molar-refractivity contribution in [1.29, 1.82) is 0 Å². The average molecular weight is 437 g/mol. The molecule has 2 aromatic carbocycles. The fourth-order valence-electron chi connectivity index (χ4n) is 4.15. The molecule has 170 valence electrons. The number of esters is 1. The number of nitrogens with one attached hydrogen (secondary N) is 2. The van der Waals surface area contributed by atoms with Crippen molar-refractivity contribution in [2.24, 2.45) is 11.8 Å². The highest BCUT2D eigenvalue weighted by Gasteiger charge is 2.29. The zero-order valence-electron chi connectivity index (χ0n) is 18.8. The maximum Gasteiger partial charge on any atom is 0.329 e. The number of benzene rings is 2. The summed E-state index contributed by atoms with van der Waals surface area (Å²) in [5.41, 5.74) is 1.34. The molecule has 3 rings (SSSR count). The Hall–Kier alpha value is -3.15. The fraction of sp³-hybridized carbons (Fsp3) is 0.423. The number of amides is 2. The maximum atomic E-state index is 12.8. The number of hydrogen-bond acceptors (Lipinski definition) is 4. The second-order valence-corrected chi connectivity index (χ2v) is 8.63. The summed E-state index contributed by atoms with van der Waals surface area (Å²) in [7, 11) is 0. The summed E-state index contributed by atoms with van der Waals surface area (Å²) >= 11 is 0. The Morgan fingerprint density at radius 1 is 0.969 bits per heavy atom. The van der Waals surface area contributed by atoms with Gasteiger partial charge in [0.15, 0.2) is 6.61 Å². The van der Waals surface area contributed by atoms with Gasteiger partial charge >= 0.3 is 5.97 Å². The van der Waals surface area contributed by atoms with Gasteiger partial charge in [0.05, 0.1) is 0 Å². The molecule has 2 aromatic rings. The summed E-state index contributed by atoms with van der Waals surface area (Å²) < 4.78 is 5.31. The molecule has 4 atom stereocenters. The smallest absolute Gasteiger partial charge is 0.329 e. The summed E-state index contributed by atoms with van der Waals surface area (Å²) in [5, 5.41) is 5.76. The fourth-order valence-corrected chi connectivity index (χ4v) is 4.15. The van der Waals surface area contributed by atoms with E-state index in [9.17, 15) is 14.4 Å². The van der Waals surface area contributed by atoms with Crippen LogP contribution in [0, 0.1) is 11.8 Å². The van der Waals surface area contributed by atoms with E-state index in [4.69, 9.17) is 4.74 Å². The Balaban J connectivity index is 1.60. The predicted octanol–water partition coefficient (Wildman–Crippen LogP) is 3.51. The molecule has 1 aliphatic rings. The second-order valence-electron chi connectivity index (χ2n) is 8.63. The molecule has 1 aliphatic carbocycles. The predicted molar refractivity (Wildman–Crippen MR) is 123 cm³/mol. The Morgan fingerprint density at radius 2 is 1.62 bits per heavy atom. The molecule has 0 heterocycles. The Bertz CT molecular complexity index is 901. The van der Waals surface area contributed by atoms with Crippen LogP contribution in [0.3, 0.4) is 0 Å². The Kier molecular flexibility index (Phi) is 8.42. The molecule has 2 N–H and O–H groups in total. The SMILES string of the molecule is C[C@@H]1[C@H](C)CCC[C@@H]1NC(=O)COC(=O)[C@@H](Cc1ccccc1)NC(=O)c1ccccc1. The van der Waals surface area contributed by atoms with Crippen molar-refractivity contribution in [2.45, 2.75) is 51.6 Å². The summed E-state index contributed by atoms with van der Waals surface area (Å²) in [6.07, 6.45) is 3.47. The molecule has 0 aromatic heterocycles. The number of carbonyl (C=O) groups is 3. The van der Waals surface area contributed by atoms with Crippen molar-refractivity contribution in [3.63, 3.8) is 0 Å². The molecule has 0 aliphatic heterocycles. The third-order valence-electron chi connectivity index (χ3n) is 6.31. The minimum absolute atomic E-state index is 0.0999. The maximum absolute atomic E-state index is 12.8. The van der Waals surface area contributed by atoms with E-state index in [-0.39, 0.29) is 30.9 Å². The van der Waals surface area contributed by atoms with Crippen LogP contribution in [0.25, 0.3) is 0 Å². The van der Waals surface area contributed by atoms with Crippen LogP contribution in [0.15, 0.2) is 60.7 Å². The average Bonchev–Trinajstić information content (AvgIpc) is 2.81. The third kappa shape index (κ3) is 6.67. The largest absolute Gasteiger partial charge is 0.454 e. The van der Waals surface area contributed by atoms with Crippen molar-refractivity contribution in [2.75, 3.05) is 6.61 Å². The van der Waals surface area contributed by atoms with Crippen LogP contribution in [0.4, 0.5) is 0 Å². The van der Waals surface area contributed by atoms with E-state index in [1.807, 2.05) is 36.4 Å². The van der Waals surface area contributed by atoms with Gasteiger partial charge in [0.25, 0.3) is 11.8 Å². The summed E-state index contributed by atoms with van der Waals surface area (Å²) in [5.74, 6) is -0.354. The monoisotopic (exact) mass is 436 g/mol. The van der Waals surface area contributed by atoms with E-state index in [1.165, 1.54) is 6.42 Å². The first-order valence-corrected chi connectivity index (χ1v) is 11.3. The lowest BCUT2D eigenvalue weighted by Gasteiger charge is -2.34. The minimum atomic E-state index is -0.897. The van der Waals surface area contributed by atoms with Crippen molar-refractivity contribution in [3.05, 3.63) is 71.8 Å². The van der Waals surface area contributed by atoms with Gasteiger partial charge in [-0.25, -0.2) is 4.79 Å². The van der Waals surface area contributed by atoms with Crippen LogP contribution >= 0.6 is 0 Å². The van der Waals surface area contributed by atoms with Crippen LogP contribution in [-0.2, 0) is 20.7 Å². The highest BCUT2D eigenvalue weighted by molar-refractivity contribution is 5.97. The molecule has 6 nitrogen and oxygen atoms in total. The number of rotatable bonds is 8. The molecule has 0 saturated heterocycles. The third-order valence-corrected chi connectivity index (χ3v) is 6.31. The minimum Gasteiger partial charge on any atom is -0.454 e.